The number of benzene rings is 1. The Balaban J connectivity index is 2.04. The molecule has 1 unspecified atom stereocenters. The highest BCUT2D eigenvalue weighted by atomic mass is 32.1. The van der Waals surface area contributed by atoms with Crippen molar-refractivity contribution in [3.8, 4) is 0 Å². The largest absolute Gasteiger partial charge is 0.376 e. The number of anilines is 2. The molecule has 1 aromatic heterocycles. The van der Waals surface area contributed by atoms with Crippen LogP contribution in [0.3, 0.4) is 0 Å². The molecule has 0 aliphatic heterocycles. The van der Waals surface area contributed by atoms with Gasteiger partial charge in [0.25, 0.3) is 0 Å². The Morgan fingerprint density at radius 3 is 2.89 bits per heavy atom. The molecule has 2 N–H and O–H groups in total. The van der Waals surface area contributed by atoms with Crippen molar-refractivity contribution < 1.29 is 4.79 Å². The normalized spacial score (nSPS) is 11.9. The van der Waals surface area contributed by atoms with E-state index in [0.717, 1.165) is 16.4 Å². The Labute approximate surface area is 116 Å². The minimum atomic E-state index is 0.0186. The summed E-state index contributed by atoms with van der Waals surface area (Å²) in [5.41, 5.74) is 1.78. The lowest BCUT2D eigenvalue weighted by atomic mass is 10.2. The van der Waals surface area contributed by atoms with Gasteiger partial charge in [-0.3, -0.25) is 4.79 Å². The van der Waals surface area contributed by atoms with Crippen molar-refractivity contribution in [2.75, 3.05) is 10.6 Å². The molecule has 0 fully saturated rings. The van der Waals surface area contributed by atoms with Gasteiger partial charge in [-0.15, -0.1) is 11.3 Å². The van der Waals surface area contributed by atoms with Crippen LogP contribution in [0.4, 0.5) is 11.4 Å². The molecule has 0 saturated heterocycles. The van der Waals surface area contributed by atoms with Crippen molar-refractivity contribution in [1.29, 1.82) is 0 Å². The molecule has 0 radical (unpaired) electrons. The summed E-state index contributed by atoms with van der Waals surface area (Å²) in [6.45, 7) is 3.90. The summed E-state index contributed by atoms with van der Waals surface area (Å²) in [5.74, 6) is 0.0186. The monoisotopic (exact) mass is 275 g/mol. The topological polar surface area (TPSA) is 54.0 Å². The lowest BCUT2D eigenvalue weighted by Gasteiger charge is -2.14. The summed E-state index contributed by atoms with van der Waals surface area (Å²) in [7, 11) is 0. The molecule has 0 spiro atoms. The number of nitrogens with zero attached hydrogens (tertiary/aromatic N) is 1. The third-order valence-electron chi connectivity index (χ3n) is 2.67. The zero-order chi connectivity index (χ0) is 13.7. The van der Waals surface area contributed by atoms with Gasteiger partial charge < -0.3 is 10.6 Å². The number of aromatic nitrogens is 1. The van der Waals surface area contributed by atoms with Crippen molar-refractivity contribution in [3.63, 3.8) is 0 Å². The summed E-state index contributed by atoms with van der Waals surface area (Å²) in [5, 5.41) is 9.23. The van der Waals surface area contributed by atoms with E-state index in [1.54, 1.807) is 17.5 Å². The van der Waals surface area contributed by atoms with E-state index in [1.807, 2.05) is 36.6 Å². The number of carbonyl (C=O) groups is 1. The molecule has 19 heavy (non-hydrogen) atoms. The van der Waals surface area contributed by atoms with Crippen LogP contribution < -0.4 is 10.6 Å². The number of thiazole rings is 1. The van der Waals surface area contributed by atoms with Crippen LogP contribution in [0, 0.1) is 0 Å². The van der Waals surface area contributed by atoms with Crippen molar-refractivity contribution >= 4 is 28.6 Å². The fraction of sp³-hybridized carbons (Fsp3) is 0.286. The number of amides is 1. The van der Waals surface area contributed by atoms with Crippen LogP contribution in [0.5, 0.6) is 0 Å². The van der Waals surface area contributed by atoms with Crippen molar-refractivity contribution in [2.45, 2.75) is 26.3 Å². The Bertz CT molecular complexity index is 539. The van der Waals surface area contributed by atoms with Crippen LogP contribution in [-0.2, 0) is 4.79 Å². The van der Waals surface area contributed by atoms with Crippen LogP contribution in [-0.4, -0.2) is 10.9 Å². The van der Waals surface area contributed by atoms with E-state index in [-0.39, 0.29) is 11.9 Å². The molecule has 5 heteroatoms. The second-order valence-electron chi connectivity index (χ2n) is 4.22. The molecule has 2 aromatic rings. The van der Waals surface area contributed by atoms with Crippen molar-refractivity contribution in [2.24, 2.45) is 0 Å². The third kappa shape index (κ3) is 3.79. The van der Waals surface area contributed by atoms with Gasteiger partial charge in [-0.05, 0) is 25.1 Å². The molecule has 4 nitrogen and oxygen atoms in total. The molecule has 1 heterocycles. The smallest absolute Gasteiger partial charge is 0.224 e. The van der Waals surface area contributed by atoms with E-state index in [2.05, 4.69) is 22.5 Å². The lowest BCUT2D eigenvalue weighted by molar-refractivity contribution is -0.115. The molecule has 100 valence electrons. The van der Waals surface area contributed by atoms with Crippen LogP contribution in [0.2, 0.25) is 0 Å². The zero-order valence-corrected chi connectivity index (χ0v) is 11.8. The SMILES string of the molecule is CCC(=O)Nc1cccc(NC(C)c2nccs2)c1. The lowest BCUT2D eigenvalue weighted by Crippen LogP contribution is -2.10. The van der Waals surface area contributed by atoms with Gasteiger partial charge in [0.15, 0.2) is 0 Å². The van der Waals surface area contributed by atoms with Crippen molar-refractivity contribution in [1.82, 2.24) is 4.98 Å². The molecule has 2 rings (SSSR count). The van der Waals surface area contributed by atoms with E-state index in [4.69, 9.17) is 0 Å². The highest BCUT2D eigenvalue weighted by Gasteiger charge is 2.08. The molecular formula is C14H17N3OS. The van der Waals surface area contributed by atoms with E-state index in [9.17, 15) is 4.79 Å². The molecule has 0 aliphatic carbocycles. The van der Waals surface area contributed by atoms with E-state index >= 15 is 0 Å². The molecule has 1 atom stereocenters. The van der Waals surface area contributed by atoms with E-state index < -0.39 is 0 Å². The number of rotatable bonds is 5. The number of hydrogen-bond donors (Lipinski definition) is 2. The fourth-order valence-electron chi connectivity index (χ4n) is 1.70. The first-order valence-corrected chi connectivity index (χ1v) is 7.13. The van der Waals surface area contributed by atoms with Gasteiger partial charge in [-0.1, -0.05) is 13.0 Å². The summed E-state index contributed by atoms with van der Waals surface area (Å²) < 4.78 is 0. The first-order chi connectivity index (χ1) is 9.19. The minimum Gasteiger partial charge on any atom is -0.376 e. The van der Waals surface area contributed by atoms with Gasteiger partial charge in [-0.2, -0.15) is 0 Å². The number of carbonyl (C=O) groups excluding carboxylic acids is 1. The molecular weight excluding hydrogens is 258 g/mol. The van der Waals surface area contributed by atoms with Gasteiger partial charge in [-0.25, -0.2) is 4.98 Å². The average molecular weight is 275 g/mol. The summed E-state index contributed by atoms with van der Waals surface area (Å²) in [4.78, 5) is 15.6. The van der Waals surface area contributed by atoms with Gasteiger partial charge in [0, 0.05) is 29.4 Å². The summed E-state index contributed by atoms with van der Waals surface area (Å²) >= 11 is 1.63. The fourth-order valence-corrected chi connectivity index (χ4v) is 2.34. The van der Waals surface area contributed by atoms with Gasteiger partial charge in [0.05, 0.1) is 6.04 Å². The maximum atomic E-state index is 11.4. The first-order valence-electron chi connectivity index (χ1n) is 6.25. The molecule has 1 amide bonds. The Morgan fingerprint density at radius 2 is 2.21 bits per heavy atom. The van der Waals surface area contributed by atoms with Crippen LogP contribution in [0.25, 0.3) is 0 Å². The van der Waals surface area contributed by atoms with Gasteiger partial charge >= 0.3 is 0 Å². The van der Waals surface area contributed by atoms with Crippen LogP contribution >= 0.6 is 11.3 Å². The predicted octanol–water partition coefficient (Wildman–Crippen LogP) is 3.66. The highest BCUT2D eigenvalue weighted by Crippen LogP contribution is 2.22. The van der Waals surface area contributed by atoms with Crippen LogP contribution in [0.15, 0.2) is 35.8 Å². The van der Waals surface area contributed by atoms with Gasteiger partial charge in [0.2, 0.25) is 5.91 Å². The first kappa shape index (κ1) is 13.5. The molecule has 1 aromatic carbocycles. The number of nitrogens with one attached hydrogen (secondary N) is 2. The average Bonchev–Trinajstić information content (AvgIpc) is 2.93. The molecule has 0 bridgehead atoms. The zero-order valence-electron chi connectivity index (χ0n) is 11.0. The summed E-state index contributed by atoms with van der Waals surface area (Å²) in [6, 6.07) is 7.86. The quantitative estimate of drug-likeness (QED) is 0.875. The molecule has 0 saturated carbocycles. The minimum absolute atomic E-state index is 0.0186. The second kappa shape index (κ2) is 6.33. The number of hydrogen-bond acceptors (Lipinski definition) is 4. The predicted molar refractivity (Wildman–Crippen MR) is 79.5 cm³/mol. The molecule has 0 aliphatic rings. The van der Waals surface area contributed by atoms with Crippen molar-refractivity contribution in [3.05, 3.63) is 40.8 Å². The Kier molecular flexibility index (Phi) is 4.52. The summed E-state index contributed by atoms with van der Waals surface area (Å²) in [6.07, 6.45) is 2.28. The third-order valence-corrected chi connectivity index (χ3v) is 3.63. The maximum absolute atomic E-state index is 11.4. The Morgan fingerprint density at radius 1 is 1.42 bits per heavy atom. The van der Waals surface area contributed by atoms with Gasteiger partial charge in [0.1, 0.15) is 5.01 Å². The van der Waals surface area contributed by atoms with E-state index in [1.165, 1.54) is 0 Å². The standard InChI is InChI=1S/C14H17N3OS/c1-3-13(18)17-12-6-4-5-11(9-12)16-10(2)14-15-7-8-19-14/h4-10,16H,3H2,1-2H3,(H,17,18). The maximum Gasteiger partial charge on any atom is 0.224 e. The highest BCUT2D eigenvalue weighted by molar-refractivity contribution is 7.09. The van der Waals surface area contributed by atoms with Crippen LogP contribution in [0.1, 0.15) is 31.3 Å². The second-order valence-corrected chi connectivity index (χ2v) is 5.15. The van der Waals surface area contributed by atoms with E-state index in [0.29, 0.717) is 6.42 Å². The Hall–Kier alpha value is -1.88.